The number of morpholine rings is 1. The van der Waals surface area contributed by atoms with E-state index in [1.165, 1.54) is 0 Å². The summed E-state index contributed by atoms with van der Waals surface area (Å²) in [5.74, 6) is -1.80. The number of urea groups is 1. The van der Waals surface area contributed by atoms with Crippen molar-refractivity contribution in [2.75, 3.05) is 11.4 Å². The molecule has 12 heteroatoms. The van der Waals surface area contributed by atoms with Gasteiger partial charge in [0.1, 0.15) is 0 Å². The van der Waals surface area contributed by atoms with Crippen molar-refractivity contribution < 1.29 is 28.0 Å². The highest BCUT2D eigenvalue weighted by Gasteiger charge is 2.63. The van der Waals surface area contributed by atoms with Crippen LogP contribution in [0.25, 0.3) is 16.8 Å². The molecule has 3 aliphatic rings. The molecule has 0 radical (unpaired) electrons. The highest BCUT2D eigenvalue weighted by molar-refractivity contribution is 6.20. The molecule has 182 valence electrons. The number of fused-ring (bicyclic) bond motifs is 5. The summed E-state index contributed by atoms with van der Waals surface area (Å²) in [7, 11) is 0. The Bertz CT molecular complexity index is 1420. The number of halogens is 1. The van der Waals surface area contributed by atoms with Gasteiger partial charge in [0.2, 0.25) is 23.2 Å². The first-order chi connectivity index (χ1) is 16.6. The number of carbonyl (C=O) groups is 3. The van der Waals surface area contributed by atoms with E-state index >= 15 is 4.39 Å². The minimum Gasteiger partial charge on any atom is -0.372 e. The second kappa shape index (κ2) is 7.11. The Morgan fingerprint density at radius 1 is 1.14 bits per heavy atom. The highest BCUT2D eigenvalue weighted by atomic mass is 19.1. The molecule has 0 bridgehead atoms. The Balaban J connectivity index is 1.61. The average molecular weight is 482 g/mol. The van der Waals surface area contributed by atoms with E-state index in [1.807, 2.05) is 26.8 Å². The molecule has 2 aromatic heterocycles. The first-order valence-corrected chi connectivity index (χ1v) is 11.3. The van der Waals surface area contributed by atoms with Crippen molar-refractivity contribution in [2.45, 2.75) is 52.4 Å². The fraction of sp³-hybridized carbons (Fsp3) is 0.435. The third kappa shape index (κ3) is 2.83. The predicted molar refractivity (Wildman–Crippen MR) is 120 cm³/mol. The van der Waals surface area contributed by atoms with Crippen molar-refractivity contribution in [3.05, 3.63) is 34.9 Å². The Morgan fingerprint density at radius 3 is 2.51 bits per heavy atom. The summed E-state index contributed by atoms with van der Waals surface area (Å²) in [6.07, 6.45) is -1.03. The van der Waals surface area contributed by atoms with Crippen LogP contribution in [0.3, 0.4) is 0 Å². The SMILES string of the molecule is Cc1cc(C)n(-c2noc3c(F)c4c(cc23)CC2(C(=O)NC(=O)NC2=O)[C@@H]2[C@@H](C)O[C@@H](C)CN42)n1. The number of rotatable bonds is 1. The summed E-state index contributed by atoms with van der Waals surface area (Å²) < 4.78 is 29.1. The molecular formula is C23H23FN6O5. The number of aryl methyl sites for hydroxylation is 2. The largest absolute Gasteiger partial charge is 0.372 e. The number of benzene rings is 1. The van der Waals surface area contributed by atoms with Crippen LogP contribution in [0.15, 0.2) is 16.7 Å². The van der Waals surface area contributed by atoms with Crippen LogP contribution >= 0.6 is 0 Å². The van der Waals surface area contributed by atoms with Crippen molar-refractivity contribution >= 4 is 34.5 Å². The quantitative estimate of drug-likeness (QED) is 0.501. The number of ether oxygens (including phenoxy) is 1. The van der Waals surface area contributed by atoms with E-state index in [9.17, 15) is 14.4 Å². The molecule has 35 heavy (non-hydrogen) atoms. The molecule has 5 heterocycles. The van der Waals surface area contributed by atoms with E-state index in [-0.39, 0.29) is 30.3 Å². The number of amides is 4. The van der Waals surface area contributed by atoms with Gasteiger partial charge in [-0.2, -0.15) is 5.10 Å². The zero-order chi connectivity index (χ0) is 24.8. The van der Waals surface area contributed by atoms with Gasteiger partial charge in [0.15, 0.2) is 11.2 Å². The number of nitrogens with one attached hydrogen (secondary N) is 2. The van der Waals surface area contributed by atoms with Crippen LogP contribution in [0.4, 0.5) is 14.9 Å². The second-order valence-corrected chi connectivity index (χ2v) is 9.55. The standard InChI is InChI=1S/C23H23FN6O5/c1-9-5-10(2)30(27-9)19-14-6-13-7-23(20(31)25-22(33)26-21(23)32)18-12(4)34-11(3)8-29(18)16(13)15(24)17(14)35-28-19/h5-6,11-12,18H,7-8H2,1-4H3,(H2,25,26,31,32,33)/t11-,12+,18-/m0/s1. The molecule has 2 N–H and O–H groups in total. The second-order valence-electron chi connectivity index (χ2n) is 9.55. The molecule has 2 fully saturated rings. The van der Waals surface area contributed by atoms with E-state index in [4.69, 9.17) is 9.26 Å². The Labute approximate surface area is 198 Å². The predicted octanol–water partition coefficient (Wildman–Crippen LogP) is 1.66. The van der Waals surface area contributed by atoms with Gasteiger partial charge in [-0.1, -0.05) is 5.16 Å². The number of anilines is 1. The van der Waals surface area contributed by atoms with E-state index in [0.29, 0.717) is 16.8 Å². The van der Waals surface area contributed by atoms with Crippen molar-refractivity contribution in [3.63, 3.8) is 0 Å². The molecule has 11 nitrogen and oxygen atoms in total. The van der Waals surface area contributed by atoms with Crippen molar-refractivity contribution in [3.8, 4) is 5.82 Å². The maximum Gasteiger partial charge on any atom is 0.328 e. The molecule has 3 atom stereocenters. The van der Waals surface area contributed by atoms with Gasteiger partial charge in [-0.25, -0.2) is 13.9 Å². The van der Waals surface area contributed by atoms with Crippen LogP contribution in [0.5, 0.6) is 0 Å². The lowest BCUT2D eigenvalue weighted by molar-refractivity contribution is -0.153. The lowest BCUT2D eigenvalue weighted by Gasteiger charge is -2.55. The summed E-state index contributed by atoms with van der Waals surface area (Å²) in [4.78, 5) is 40.2. The van der Waals surface area contributed by atoms with Crippen LogP contribution in [0.2, 0.25) is 0 Å². The van der Waals surface area contributed by atoms with E-state index < -0.39 is 41.2 Å². The molecular weight excluding hydrogens is 459 g/mol. The van der Waals surface area contributed by atoms with Crippen LogP contribution in [0, 0.1) is 25.1 Å². The number of hydrogen-bond donors (Lipinski definition) is 2. The smallest absolute Gasteiger partial charge is 0.328 e. The first-order valence-electron chi connectivity index (χ1n) is 11.3. The third-order valence-corrected chi connectivity index (χ3v) is 7.16. The summed E-state index contributed by atoms with van der Waals surface area (Å²) in [5, 5.41) is 13.3. The molecule has 6 rings (SSSR count). The van der Waals surface area contributed by atoms with Crippen molar-refractivity contribution in [1.29, 1.82) is 0 Å². The highest BCUT2D eigenvalue weighted by Crippen LogP contribution is 2.49. The maximum absolute atomic E-state index is 16.1. The zero-order valence-electron chi connectivity index (χ0n) is 19.5. The van der Waals surface area contributed by atoms with E-state index in [2.05, 4.69) is 20.9 Å². The molecule has 0 unspecified atom stereocenters. The Morgan fingerprint density at radius 2 is 1.86 bits per heavy atom. The van der Waals surface area contributed by atoms with Crippen LogP contribution in [0.1, 0.15) is 30.8 Å². The van der Waals surface area contributed by atoms with Crippen molar-refractivity contribution in [2.24, 2.45) is 5.41 Å². The molecule has 1 aromatic carbocycles. The lowest BCUT2D eigenvalue weighted by Crippen LogP contribution is -2.75. The van der Waals surface area contributed by atoms with Gasteiger partial charge in [0.05, 0.1) is 35.0 Å². The van der Waals surface area contributed by atoms with E-state index in [1.54, 1.807) is 22.6 Å². The van der Waals surface area contributed by atoms with Crippen LogP contribution in [-0.4, -0.2) is 57.6 Å². The number of imide groups is 2. The summed E-state index contributed by atoms with van der Waals surface area (Å²) >= 11 is 0. The monoisotopic (exact) mass is 482 g/mol. The fourth-order valence-electron chi connectivity index (χ4n) is 5.93. The van der Waals surface area contributed by atoms with E-state index in [0.717, 1.165) is 11.4 Å². The number of aromatic nitrogens is 3. The number of barbiturate groups is 1. The van der Waals surface area contributed by atoms with Crippen molar-refractivity contribution in [1.82, 2.24) is 25.6 Å². The number of nitrogens with zero attached hydrogens (tertiary/aromatic N) is 4. The van der Waals surface area contributed by atoms with Gasteiger partial charge in [-0.05, 0) is 45.4 Å². The molecule has 4 amide bonds. The minimum absolute atomic E-state index is 0.0412. The summed E-state index contributed by atoms with van der Waals surface area (Å²) in [5.41, 5.74) is 0.473. The third-order valence-electron chi connectivity index (χ3n) is 7.16. The van der Waals surface area contributed by atoms with Gasteiger partial charge in [0.25, 0.3) is 0 Å². The Kier molecular flexibility index (Phi) is 4.41. The topological polar surface area (TPSA) is 132 Å². The minimum atomic E-state index is -1.70. The normalized spacial score (nSPS) is 25.5. The first kappa shape index (κ1) is 21.7. The molecule has 2 saturated heterocycles. The van der Waals surface area contributed by atoms with Gasteiger partial charge >= 0.3 is 6.03 Å². The molecule has 1 spiro atoms. The molecule has 0 saturated carbocycles. The number of hydrogen-bond acceptors (Lipinski definition) is 8. The van der Waals surface area contributed by atoms with Gasteiger partial charge in [-0.3, -0.25) is 20.2 Å². The zero-order valence-corrected chi connectivity index (χ0v) is 19.5. The molecule has 3 aliphatic heterocycles. The molecule has 0 aliphatic carbocycles. The lowest BCUT2D eigenvalue weighted by atomic mass is 9.66. The van der Waals surface area contributed by atoms with Gasteiger partial charge in [0, 0.05) is 18.7 Å². The number of carbonyl (C=O) groups excluding carboxylic acids is 3. The Hall–Kier alpha value is -3.80. The van der Waals surface area contributed by atoms with Gasteiger partial charge < -0.3 is 14.2 Å². The summed E-state index contributed by atoms with van der Waals surface area (Å²) in [6.45, 7) is 7.49. The maximum atomic E-state index is 16.1. The molecule has 3 aromatic rings. The average Bonchev–Trinajstić information content (AvgIpc) is 3.33. The van der Waals surface area contributed by atoms with Crippen LogP contribution < -0.4 is 15.5 Å². The summed E-state index contributed by atoms with van der Waals surface area (Å²) in [6, 6.07) is 1.83. The fourth-order valence-corrected chi connectivity index (χ4v) is 5.93. The van der Waals surface area contributed by atoms with Crippen LogP contribution in [-0.2, 0) is 20.7 Å². The van der Waals surface area contributed by atoms with Gasteiger partial charge in [-0.15, -0.1) is 0 Å².